The summed E-state index contributed by atoms with van der Waals surface area (Å²) in [6, 6.07) is 7.72. The molecule has 0 aliphatic carbocycles. The number of likely N-dealkylation sites (tertiary alicyclic amines) is 1. The Kier molecular flexibility index (Phi) is 5.61. The summed E-state index contributed by atoms with van der Waals surface area (Å²) in [5.41, 5.74) is 5.70. The van der Waals surface area contributed by atoms with Crippen molar-refractivity contribution in [2.45, 2.75) is 12.8 Å². The summed E-state index contributed by atoms with van der Waals surface area (Å²) in [5, 5.41) is 0. The number of piperidine rings is 1. The fourth-order valence-electron chi connectivity index (χ4n) is 2.46. The highest BCUT2D eigenvalue weighted by Gasteiger charge is 2.20. The van der Waals surface area contributed by atoms with E-state index in [2.05, 4.69) is 4.90 Å². The van der Waals surface area contributed by atoms with Gasteiger partial charge in [0.05, 0.1) is 12.1 Å². The average molecular weight is 294 g/mol. The van der Waals surface area contributed by atoms with E-state index >= 15 is 0 Å². The standard InChI is InChI=1S/C15H22N2O2S/c1-18-13-4-2-3-5-14(13)19-11-10-17-8-6-12(7-9-17)15(16)20/h2-5,12H,6-11H2,1H3,(H2,16,20). The molecule has 0 bridgehead atoms. The van der Waals surface area contributed by atoms with E-state index < -0.39 is 0 Å². The number of rotatable bonds is 6. The van der Waals surface area contributed by atoms with Crippen LogP contribution in [0.5, 0.6) is 11.5 Å². The highest BCUT2D eigenvalue weighted by molar-refractivity contribution is 7.80. The number of thiocarbonyl (C=S) groups is 1. The lowest BCUT2D eigenvalue weighted by molar-refractivity contribution is 0.169. The van der Waals surface area contributed by atoms with Crippen molar-refractivity contribution in [3.63, 3.8) is 0 Å². The Morgan fingerprint density at radius 3 is 2.55 bits per heavy atom. The predicted molar refractivity (Wildman–Crippen MR) is 84.4 cm³/mol. The first kappa shape index (κ1) is 15.1. The van der Waals surface area contributed by atoms with E-state index in [1.807, 2.05) is 24.3 Å². The number of benzene rings is 1. The Morgan fingerprint density at radius 1 is 1.30 bits per heavy atom. The Hall–Kier alpha value is -1.33. The Labute approximate surface area is 125 Å². The molecule has 1 saturated heterocycles. The fraction of sp³-hybridized carbons (Fsp3) is 0.533. The molecular weight excluding hydrogens is 272 g/mol. The van der Waals surface area contributed by atoms with E-state index in [1.54, 1.807) is 7.11 Å². The normalized spacial score (nSPS) is 16.9. The van der Waals surface area contributed by atoms with E-state index in [4.69, 9.17) is 27.4 Å². The molecule has 1 fully saturated rings. The minimum atomic E-state index is 0.413. The molecule has 0 amide bonds. The molecule has 0 unspecified atom stereocenters. The summed E-state index contributed by atoms with van der Waals surface area (Å²) in [5.74, 6) is 1.99. The van der Waals surface area contributed by atoms with Crippen LogP contribution in [0.25, 0.3) is 0 Å². The van der Waals surface area contributed by atoms with Crippen LogP contribution in [-0.4, -0.2) is 43.2 Å². The molecule has 2 rings (SSSR count). The summed E-state index contributed by atoms with van der Waals surface area (Å²) < 4.78 is 11.0. The molecular formula is C15H22N2O2S. The van der Waals surface area contributed by atoms with Gasteiger partial charge in [0.1, 0.15) is 6.61 Å². The van der Waals surface area contributed by atoms with Crippen molar-refractivity contribution in [3.8, 4) is 11.5 Å². The topological polar surface area (TPSA) is 47.7 Å². The van der Waals surface area contributed by atoms with Crippen LogP contribution in [0, 0.1) is 5.92 Å². The highest BCUT2D eigenvalue weighted by atomic mass is 32.1. The third kappa shape index (κ3) is 4.08. The molecule has 2 N–H and O–H groups in total. The van der Waals surface area contributed by atoms with Gasteiger partial charge in [-0.05, 0) is 38.1 Å². The number of nitrogens with two attached hydrogens (primary N) is 1. The smallest absolute Gasteiger partial charge is 0.161 e. The van der Waals surface area contributed by atoms with Gasteiger partial charge in [-0.15, -0.1) is 0 Å². The van der Waals surface area contributed by atoms with E-state index in [-0.39, 0.29) is 0 Å². The number of ether oxygens (including phenoxy) is 2. The molecule has 5 heteroatoms. The van der Waals surface area contributed by atoms with Crippen molar-refractivity contribution < 1.29 is 9.47 Å². The quantitative estimate of drug-likeness (QED) is 0.814. The molecule has 1 heterocycles. The largest absolute Gasteiger partial charge is 0.493 e. The van der Waals surface area contributed by atoms with Crippen LogP contribution in [-0.2, 0) is 0 Å². The minimum Gasteiger partial charge on any atom is -0.493 e. The molecule has 0 saturated carbocycles. The van der Waals surface area contributed by atoms with Crippen molar-refractivity contribution in [1.82, 2.24) is 4.90 Å². The minimum absolute atomic E-state index is 0.413. The molecule has 0 spiro atoms. The second-order valence-electron chi connectivity index (χ2n) is 5.02. The van der Waals surface area contributed by atoms with Crippen molar-refractivity contribution in [2.75, 3.05) is 33.4 Å². The first-order valence-corrected chi connectivity index (χ1v) is 7.39. The average Bonchev–Trinajstić information content (AvgIpc) is 2.48. The maximum Gasteiger partial charge on any atom is 0.161 e. The third-order valence-electron chi connectivity index (χ3n) is 3.72. The molecule has 1 aliphatic rings. The molecule has 0 aromatic heterocycles. The van der Waals surface area contributed by atoms with Crippen LogP contribution >= 0.6 is 12.2 Å². The lowest BCUT2D eigenvalue weighted by Gasteiger charge is -2.31. The van der Waals surface area contributed by atoms with Gasteiger partial charge in [-0.1, -0.05) is 24.4 Å². The van der Waals surface area contributed by atoms with Crippen LogP contribution in [0.3, 0.4) is 0 Å². The van der Waals surface area contributed by atoms with Gasteiger partial charge in [-0.25, -0.2) is 0 Å². The Bertz CT molecular complexity index is 445. The summed E-state index contributed by atoms with van der Waals surface area (Å²) in [6.45, 7) is 3.66. The first-order valence-electron chi connectivity index (χ1n) is 6.98. The molecule has 0 atom stereocenters. The van der Waals surface area contributed by atoms with E-state index in [9.17, 15) is 0 Å². The second-order valence-corrected chi connectivity index (χ2v) is 5.49. The molecule has 1 aromatic rings. The second kappa shape index (κ2) is 7.45. The predicted octanol–water partition coefficient (Wildman–Crippen LogP) is 2.07. The molecule has 4 nitrogen and oxygen atoms in total. The summed E-state index contributed by atoms with van der Waals surface area (Å²) in [6.07, 6.45) is 2.12. The van der Waals surface area contributed by atoms with Crippen LogP contribution in [0.1, 0.15) is 12.8 Å². The lowest BCUT2D eigenvalue weighted by Crippen LogP contribution is -2.39. The zero-order valence-electron chi connectivity index (χ0n) is 11.9. The van der Waals surface area contributed by atoms with Crippen molar-refractivity contribution in [2.24, 2.45) is 11.7 Å². The molecule has 0 radical (unpaired) electrons. The SMILES string of the molecule is COc1ccccc1OCCN1CCC(C(N)=S)CC1. The zero-order chi connectivity index (χ0) is 14.4. The lowest BCUT2D eigenvalue weighted by atomic mass is 9.97. The van der Waals surface area contributed by atoms with E-state index in [0.717, 1.165) is 44.0 Å². The summed E-state index contributed by atoms with van der Waals surface area (Å²) in [7, 11) is 1.66. The zero-order valence-corrected chi connectivity index (χ0v) is 12.7. The first-order chi connectivity index (χ1) is 9.70. The summed E-state index contributed by atoms with van der Waals surface area (Å²) in [4.78, 5) is 3.06. The van der Waals surface area contributed by atoms with E-state index in [1.165, 1.54) is 0 Å². The maximum atomic E-state index is 5.79. The number of nitrogens with zero attached hydrogens (tertiary/aromatic N) is 1. The van der Waals surface area contributed by atoms with Crippen LogP contribution in [0.15, 0.2) is 24.3 Å². The highest BCUT2D eigenvalue weighted by Crippen LogP contribution is 2.25. The Morgan fingerprint density at radius 2 is 1.95 bits per heavy atom. The third-order valence-corrected chi connectivity index (χ3v) is 4.06. The van der Waals surface area contributed by atoms with Crippen molar-refractivity contribution in [1.29, 1.82) is 0 Å². The summed E-state index contributed by atoms with van der Waals surface area (Å²) >= 11 is 5.05. The monoisotopic (exact) mass is 294 g/mol. The molecule has 110 valence electrons. The molecule has 20 heavy (non-hydrogen) atoms. The van der Waals surface area contributed by atoms with Crippen molar-refractivity contribution >= 4 is 17.2 Å². The van der Waals surface area contributed by atoms with Crippen LogP contribution < -0.4 is 15.2 Å². The number of hydrogen-bond donors (Lipinski definition) is 1. The van der Waals surface area contributed by atoms with E-state index in [0.29, 0.717) is 17.5 Å². The van der Waals surface area contributed by atoms with Gasteiger partial charge in [-0.2, -0.15) is 0 Å². The fourth-order valence-corrected chi connectivity index (χ4v) is 2.70. The van der Waals surface area contributed by atoms with Crippen LogP contribution in [0.2, 0.25) is 0 Å². The van der Waals surface area contributed by atoms with Gasteiger partial charge in [0.2, 0.25) is 0 Å². The van der Waals surface area contributed by atoms with Gasteiger partial charge in [0, 0.05) is 12.5 Å². The molecule has 1 aliphatic heterocycles. The molecule has 1 aromatic carbocycles. The van der Waals surface area contributed by atoms with Gasteiger partial charge in [0.15, 0.2) is 11.5 Å². The van der Waals surface area contributed by atoms with Gasteiger partial charge in [0.25, 0.3) is 0 Å². The van der Waals surface area contributed by atoms with Gasteiger partial charge >= 0.3 is 0 Å². The number of hydrogen-bond acceptors (Lipinski definition) is 4. The van der Waals surface area contributed by atoms with Gasteiger partial charge in [-0.3, -0.25) is 4.90 Å². The number of para-hydroxylation sites is 2. The van der Waals surface area contributed by atoms with Crippen LogP contribution in [0.4, 0.5) is 0 Å². The number of methoxy groups -OCH3 is 1. The Balaban J connectivity index is 1.73. The van der Waals surface area contributed by atoms with Crippen molar-refractivity contribution in [3.05, 3.63) is 24.3 Å². The maximum absolute atomic E-state index is 5.79. The van der Waals surface area contributed by atoms with Gasteiger partial charge < -0.3 is 15.2 Å².